The van der Waals surface area contributed by atoms with E-state index in [1.54, 1.807) is 6.07 Å². The molecule has 0 heterocycles. The second-order valence-electron chi connectivity index (χ2n) is 4.04. The molecule has 96 valence electrons. The summed E-state index contributed by atoms with van der Waals surface area (Å²) in [4.78, 5) is 0. The van der Waals surface area contributed by atoms with Crippen LogP contribution in [0.4, 0.5) is 13.2 Å². The van der Waals surface area contributed by atoms with Gasteiger partial charge in [-0.25, -0.2) is 0 Å². The lowest BCUT2D eigenvalue weighted by Gasteiger charge is -2.18. The molecule has 6 heteroatoms. The number of alkyl halides is 3. The topological polar surface area (TPSA) is 35.2 Å². The Bertz CT molecular complexity index is 393. The molecule has 0 saturated carbocycles. The zero-order valence-corrected chi connectivity index (χ0v) is 11.0. The summed E-state index contributed by atoms with van der Waals surface area (Å²) in [7, 11) is 0. The van der Waals surface area contributed by atoms with Crippen LogP contribution in [0.5, 0.6) is 5.75 Å². The van der Waals surface area contributed by atoms with Crippen molar-refractivity contribution in [2.24, 2.45) is 11.7 Å². The molecule has 1 aromatic rings. The minimum atomic E-state index is -4.69. The van der Waals surface area contributed by atoms with Crippen LogP contribution in [0.25, 0.3) is 0 Å². The van der Waals surface area contributed by atoms with Crippen LogP contribution in [0.3, 0.4) is 0 Å². The highest BCUT2D eigenvalue weighted by Crippen LogP contribution is 2.30. The maximum atomic E-state index is 12.1. The van der Waals surface area contributed by atoms with Crippen molar-refractivity contribution in [3.8, 4) is 5.75 Å². The number of halogens is 4. The van der Waals surface area contributed by atoms with Gasteiger partial charge in [0, 0.05) is 10.5 Å². The van der Waals surface area contributed by atoms with E-state index < -0.39 is 6.36 Å². The van der Waals surface area contributed by atoms with Crippen LogP contribution in [0, 0.1) is 5.92 Å². The normalized spacial score (nSPS) is 13.9. The van der Waals surface area contributed by atoms with Crippen molar-refractivity contribution in [3.05, 3.63) is 28.2 Å². The van der Waals surface area contributed by atoms with E-state index in [-0.39, 0.29) is 17.7 Å². The molecule has 0 aliphatic rings. The third-order valence-corrected chi connectivity index (χ3v) is 2.69. The molecule has 1 rings (SSSR count). The monoisotopic (exact) mass is 311 g/mol. The van der Waals surface area contributed by atoms with Gasteiger partial charge in [0.2, 0.25) is 0 Å². The fraction of sp³-hybridized carbons (Fsp3) is 0.455. The number of nitrogens with two attached hydrogens (primary N) is 1. The van der Waals surface area contributed by atoms with Gasteiger partial charge in [-0.1, -0.05) is 29.8 Å². The predicted molar refractivity (Wildman–Crippen MR) is 62.6 cm³/mol. The number of rotatable bonds is 3. The predicted octanol–water partition coefficient (Wildman–Crippen LogP) is 4.00. The molecular weight excluding hydrogens is 299 g/mol. The summed E-state index contributed by atoms with van der Waals surface area (Å²) in [6.45, 7) is 3.80. The number of benzene rings is 1. The van der Waals surface area contributed by atoms with Gasteiger partial charge in [-0.15, -0.1) is 13.2 Å². The van der Waals surface area contributed by atoms with E-state index in [9.17, 15) is 13.2 Å². The minimum Gasteiger partial charge on any atom is -0.406 e. The van der Waals surface area contributed by atoms with Crippen LogP contribution in [-0.4, -0.2) is 6.36 Å². The lowest BCUT2D eigenvalue weighted by Crippen LogP contribution is -2.19. The second-order valence-corrected chi connectivity index (χ2v) is 4.95. The van der Waals surface area contributed by atoms with Gasteiger partial charge in [0.15, 0.2) is 0 Å². The van der Waals surface area contributed by atoms with Crippen molar-refractivity contribution in [2.75, 3.05) is 0 Å². The van der Waals surface area contributed by atoms with Crippen LogP contribution in [-0.2, 0) is 0 Å². The number of hydrogen-bond donors (Lipinski definition) is 1. The Hall–Kier alpha value is -0.750. The first-order chi connectivity index (χ1) is 7.69. The third kappa shape index (κ3) is 4.55. The third-order valence-electron chi connectivity index (χ3n) is 2.23. The van der Waals surface area contributed by atoms with Gasteiger partial charge in [0.1, 0.15) is 5.75 Å². The highest BCUT2D eigenvalue weighted by Gasteiger charge is 2.31. The van der Waals surface area contributed by atoms with E-state index in [4.69, 9.17) is 5.73 Å². The molecular formula is C11H13BrF3NO. The molecule has 17 heavy (non-hydrogen) atoms. The quantitative estimate of drug-likeness (QED) is 0.915. The van der Waals surface area contributed by atoms with E-state index in [0.29, 0.717) is 10.0 Å². The first kappa shape index (κ1) is 14.3. The van der Waals surface area contributed by atoms with Crippen LogP contribution >= 0.6 is 15.9 Å². The van der Waals surface area contributed by atoms with Gasteiger partial charge in [-0.3, -0.25) is 0 Å². The Labute approximate surface area is 106 Å². The van der Waals surface area contributed by atoms with Crippen molar-refractivity contribution >= 4 is 15.9 Å². The van der Waals surface area contributed by atoms with Crippen LogP contribution in [0.1, 0.15) is 25.5 Å². The zero-order valence-electron chi connectivity index (χ0n) is 9.38. The van der Waals surface area contributed by atoms with Crippen molar-refractivity contribution in [3.63, 3.8) is 0 Å². The highest BCUT2D eigenvalue weighted by molar-refractivity contribution is 9.10. The van der Waals surface area contributed by atoms with E-state index in [0.717, 1.165) is 0 Å². The molecule has 0 saturated heterocycles. The lowest BCUT2D eigenvalue weighted by molar-refractivity contribution is -0.274. The molecule has 1 aromatic carbocycles. The van der Waals surface area contributed by atoms with Gasteiger partial charge >= 0.3 is 6.36 Å². The van der Waals surface area contributed by atoms with Gasteiger partial charge in [-0.2, -0.15) is 0 Å². The molecule has 0 fully saturated rings. The van der Waals surface area contributed by atoms with Gasteiger partial charge in [-0.05, 0) is 29.7 Å². The lowest BCUT2D eigenvalue weighted by atomic mass is 9.97. The maximum absolute atomic E-state index is 12.1. The summed E-state index contributed by atoms with van der Waals surface area (Å²) in [6.07, 6.45) is -4.69. The van der Waals surface area contributed by atoms with Crippen LogP contribution in [0.15, 0.2) is 22.7 Å². The average molecular weight is 312 g/mol. The summed E-state index contributed by atoms with van der Waals surface area (Å²) in [5.41, 5.74) is 6.49. The number of hydrogen-bond acceptors (Lipinski definition) is 2. The summed E-state index contributed by atoms with van der Waals surface area (Å²) in [6, 6.07) is 3.92. The molecule has 0 bridgehead atoms. The Morgan fingerprint density at radius 3 is 2.29 bits per heavy atom. The fourth-order valence-corrected chi connectivity index (χ4v) is 1.84. The molecule has 0 radical (unpaired) electrons. The van der Waals surface area contributed by atoms with Crippen molar-refractivity contribution in [1.29, 1.82) is 0 Å². The second kappa shape index (κ2) is 5.27. The molecule has 1 atom stereocenters. The standard InChI is InChI=1S/C11H13BrF3NO/c1-6(2)10(16)7-3-8(12)5-9(4-7)17-11(13,14)15/h3-6,10H,16H2,1-2H3/t10-/m0/s1. The average Bonchev–Trinajstić information content (AvgIpc) is 2.12. The molecule has 0 aliphatic carbocycles. The number of ether oxygens (including phenoxy) is 1. The van der Waals surface area contributed by atoms with E-state index >= 15 is 0 Å². The first-order valence-corrected chi connectivity index (χ1v) is 5.80. The smallest absolute Gasteiger partial charge is 0.406 e. The molecule has 0 unspecified atom stereocenters. The van der Waals surface area contributed by atoms with Crippen molar-refractivity contribution < 1.29 is 17.9 Å². The Morgan fingerprint density at radius 2 is 1.82 bits per heavy atom. The summed E-state index contributed by atoms with van der Waals surface area (Å²) in [5.74, 6) is -0.138. The van der Waals surface area contributed by atoms with Gasteiger partial charge in [0.25, 0.3) is 0 Å². The van der Waals surface area contributed by atoms with E-state index in [1.165, 1.54) is 12.1 Å². The minimum absolute atomic E-state index is 0.128. The van der Waals surface area contributed by atoms with Gasteiger partial charge in [0.05, 0.1) is 0 Å². The fourth-order valence-electron chi connectivity index (χ4n) is 1.35. The zero-order chi connectivity index (χ0) is 13.2. The Balaban J connectivity index is 3.02. The molecule has 2 N–H and O–H groups in total. The molecule has 0 aromatic heterocycles. The SMILES string of the molecule is CC(C)[C@H](N)c1cc(Br)cc(OC(F)(F)F)c1. The summed E-state index contributed by atoms with van der Waals surface area (Å²) in [5, 5.41) is 0. The Morgan fingerprint density at radius 1 is 1.24 bits per heavy atom. The first-order valence-electron chi connectivity index (χ1n) is 5.01. The molecule has 0 amide bonds. The largest absolute Gasteiger partial charge is 0.573 e. The molecule has 0 spiro atoms. The van der Waals surface area contributed by atoms with Gasteiger partial charge < -0.3 is 10.5 Å². The molecule has 0 aliphatic heterocycles. The van der Waals surface area contributed by atoms with E-state index in [1.807, 2.05) is 13.8 Å². The van der Waals surface area contributed by atoms with Crippen LogP contribution in [0.2, 0.25) is 0 Å². The van der Waals surface area contributed by atoms with Crippen molar-refractivity contribution in [2.45, 2.75) is 26.3 Å². The van der Waals surface area contributed by atoms with E-state index in [2.05, 4.69) is 20.7 Å². The summed E-state index contributed by atoms with van der Waals surface area (Å²) < 4.78 is 40.7. The highest BCUT2D eigenvalue weighted by atomic mass is 79.9. The molecule has 2 nitrogen and oxygen atoms in total. The Kier molecular flexibility index (Phi) is 4.43. The van der Waals surface area contributed by atoms with Crippen molar-refractivity contribution in [1.82, 2.24) is 0 Å². The maximum Gasteiger partial charge on any atom is 0.573 e. The van der Waals surface area contributed by atoms with Crippen LogP contribution < -0.4 is 10.5 Å². The summed E-state index contributed by atoms with van der Waals surface area (Å²) >= 11 is 3.14.